The van der Waals surface area contributed by atoms with Crippen molar-refractivity contribution in [1.29, 1.82) is 0 Å². The summed E-state index contributed by atoms with van der Waals surface area (Å²) in [5.74, 6) is -1.92. The molecule has 1 aliphatic carbocycles. The largest absolute Gasteiger partial charge is 0.507 e. The van der Waals surface area contributed by atoms with Crippen molar-refractivity contribution in [1.82, 2.24) is 4.98 Å². The van der Waals surface area contributed by atoms with E-state index in [0.29, 0.717) is 5.56 Å². The van der Waals surface area contributed by atoms with Crippen molar-refractivity contribution in [3.63, 3.8) is 0 Å². The normalized spacial score (nSPS) is 12.5. The second-order valence-electron chi connectivity index (χ2n) is 7.24. The minimum absolute atomic E-state index is 0.0644. The number of nitrogens with one attached hydrogen (secondary N) is 1. The molecule has 0 saturated heterocycles. The number of carbonyl (C=O) groups is 3. The number of rotatable bonds is 3. The summed E-state index contributed by atoms with van der Waals surface area (Å²) in [7, 11) is 0. The quantitative estimate of drug-likeness (QED) is 0.426. The van der Waals surface area contributed by atoms with Crippen molar-refractivity contribution in [3.05, 3.63) is 88.6 Å². The van der Waals surface area contributed by atoms with Crippen molar-refractivity contribution in [2.45, 2.75) is 6.92 Å². The molecule has 3 aromatic carbocycles. The number of aromatic hydroxyl groups is 1. The number of aromatic amines is 1. The lowest BCUT2D eigenvalue weighted by Gasteiger charge is -2.22. The Bertz CT molecular complexity index is 1410. The van der Waals surface area contributed by atoms with Gasteiger partial charge in [0.05, 0.1) is 6.61 Å². The molecule has 0 fully saturated rings. The van der Waals surface area contributed by atoms with E-state index in [1.807, 2.05) is 24.3 Å². The van der Waals surface area contributed by atoms with E-state index in [1.54, 1.807) is 37.4 Å². The number of ketones is 2. The zero-order valence-electron chi connectivity index (χ0n) is 16.6. The third-order valence-corrected chi connectivity index (χ3v) is 5.53. The van der Waals surface area contributed by atoms with Crippen molar-refractivity contribution < 1.29 is 24.2 Å². The van der Waals surface area contributed by atoms with Crippen LogP contribution >= 0.6 is 0 Å². The molecule has 0 atom stereocenters. The topological polar surface area (TPSA) is 96.5 Å². The van der Waals surface area contributed by atoms with Gasteiger partial charge in [-0.05, 0) is 19.1 Å². The van der Waals surface area contributed by atoms with Gasteiger partial charge in [0.25, 0.3) is 0 Å². The predicted octanol–water partition coefficient (Wildman–Crippen LogP) is 4.49. The van der Waals surface area contributed by atoms with Crippen molar-refractivity contribution >= 4 is 28.4 Å². The van der Waals surface area contributed by atoms with Gasteiger partial charge in [0.1, 0.15) is 11.3 Å². The van der Waals surface area contributed by atoms with Gasteiger partial charge >= 0.3 is 5.97 Å². The molecule has 6 nitrogen and oxygen atoms in total. The predicted molar refractivity (Wildman–Crippen MR) is 115 cm³/mol. The van der Waals surface area contributed by atoms with E-state index in [1.165, 1.54) is 6.07 Å². The molecular weight excluding hydrogens is 394 g/mol. The van der Waals surface area contributed by atoms with Crippen molar-refractivity contribution in [3.8, 4) is 16.9 Å². The first-order chi connectivity index (χ1) is 15.0. The summed E-state index contributed by atoms with van der Waals surface area (Å²) in [6, 6.07) is 15.1. The van der Waals surface area contributed by atoms with E-state index in [0.717, 1.165) is 10.9 Å². The molecule has 0 spiro atoms. The minimum Gasteiger partial charge on any atom is -0.507 e. The number of hydrogen-bond acceptors (Lipinski definition) is 5. The molecule has 152 valence electrons. The fraction of sp³-hybridized carbons (Fsp3) is 0.0800. The summed E-state index contributed by atoms with van der Waals surface area (Å²) in [6.45, 7) is 1.75. The highest BCUT2D eigenvalue weighted by Gasteiger charge is 2.36. The van der Waals surface area contributed by atoms with Crippen molar-refractivity contribution in [2.75, 3.05) is 6.61 Å². The lowest BCUT2D eigenvalue weighted by atomic mass is 9.78. The van der Waals surface area contributed by atoms with Gasteiger partial charge in [0.2, 0.25) is 0 Å². The highest BCUT2D eigenvalue weighted by molar-refractivity contribution is 6.32. The fourth-order valence-corrected chi connectivity index (χ4v) is 4.20. The van der Waals surface area contributed by atoms with Crippen LogP contribution in [0.15, 0.2) is 60.8 Å². The molecule has 1 aliphatic rings. The molecule has 2 N–H and O–H groups in total. The first kappa shape index (κ1) is 18.8. The summed E-state index contributed by atoms with van der Waals surface area (Å²) >= 11 is 0. The maximum absolute atomic E-state index is 13.6. The highest BCUT2D eigenvalue weighted by Crippen LogP contribution is 2.43. The third-order valence-electron chi connectivity index (χ3n) is 5.53. The Labute approximate surface area is 177 Å². The van der Waals surface area contributed by atoms with Gasteiger partial charge < -0.3 is 14.8 Å². The number of benzene rings is 3. The molecule has 0 radical (unpaired) electrons. The SMILES string of the molecule is CCOC(=O)c1c(O)cc2c(c1-c1c[nH]c3ccccc13)C(=O)c1ccccc1C2=O. The van der Waals surface area contributed by atoms with Gasteiger partial charge in [-0.25, -0.2) is 4.79 Å². The first-order valence-corrected chi connectivity index (χ1v) is 9.85. The van der Waals surface area contributed by atoms with Crippen LogP contribution in [0.5, 0.6) is 5.75 Å². The molecule has 0 saturated carbocycles. The molecule has 6 heteroatoms. The first-order valence-electron chi connectivity index (χ1n) is 9.85. The number of esters is 1. The Morgan fingerprint density at radius 1 is 0.903 bits per heavy atom. The second-order valence-corrected chi connectivity index (χ2v) is 7.24. The molecule has 0 unspecified atom stereocenters. The Morgan fingerprint density at radius 3 is 2.32 bits per heavy atom. The minimum atomic E-state index is -0.762. The molecule has 1 aromatic heterocycles. The van der Waals surface area contributed by atoms with E-state index in [4.69, 9.17) is 4.74 Å². The standard InChI is InChI=1S/C25H17NO5/c1-2-31-25(30)22-19(27)11-16-21(24(29)15-9-4-3-8-14(15)23(16)28)20(22)17-12-26-18-10-6-5-7-13(17)18/h3-12,26-27H,2H2,1H3. The average molecular weight is 411 g/mol. The molecule has 1 heterocycles. The third kappa shape index (κ3) is 2.69. The fourth-order valence-electron chi connectivity index (χ4n) is 4.20. The van der Waals surface area contributed by atoms with E-state index >= 15 is 0 Å². The van der Waals surface area contributed by atoms with Gasteiger partial charge in [-0.3, -0.25) is 9.59 Å². The number of H-pyrrole nitrogens is 1. The van der Waals surface area contributed by atoms with E-state index in [-0.39, 0.29) is 51.6 Å². The summed E-state index contributed by atoms with van der Waals surface area (Å²) in [5.41, 5.74) is 2.08. The van der Waals surface area contributed by atoms with Gasteiger partial charge in [0, 0.05) is 50.5 Å². The van der Waals surface area contributed by atoms with Gasteiger partial charge in [0.15, 0.2) is 11.6 Å². The van der Waals surface area contributed by atoms with E-state index in [9.17, 15) is 19.5 Å². The number of fused-ring (bicyclic) bond motifs is 3. The van der Waals surface area contributed by atoms with Gasteiger partial charge in [-0.1, -0.05) is 42.5 Å². The number of hydrogen-bond donors (Lipinski definition) is 2. The molecule has 0 amide bonds. The Kier molecular flexibility index (Phi) is 4.22. The number of carbonyl (C=O) groups excluding carboxylic acids is 3. The molecule has 4 aromatic rings. The second kappa shape index (κ2) is 6.95. The zero-order valence-corrected chi connectivity index (χ0v) is 16.6. The number of aromatic nitrogens is 1. The van der Waals surface area contributed by atoms with Crippen LogP contribution < -0.4 is 0 Å². The summed E-state index contributed by atoms with van der Waals surface area (Å²) in [6.07, 6.45) is 1.67. The molecular formula is C25H17NO5. The van der Waals surface area contributed by atoms with E-state index < -0.39 is 11.7 Å². The van der Waals surface area contributed by atoms with Crippen molar-refractivity contribution in [2.24, 2.45) is 0 Å². The number of phenolic OH excluding ortho intramolecular Hbond substituents is 1. The molecule has 31 heavy (non-hydrogen) atoms. The van der Waals surface area contributed by atoms with Crippen LogP contribution in [0.1, 0.15) is 49.1 Å². The smallest absolute Gasteiger partial charge is 0.342 e. The molecule has 5 rings (SSSR count). The van der Waals surface area contributed by atoms with Crippen LogP contribution in [0, 0.1) is 0 Å². The van der Waals surface area contributed by atoms with Gasteiger partial charge in [-0.2, -0.15) is 0 Å². The zero-order chi connectivity index (χ0) is 21.7. The van der Waals surface area contributed by atoms with Crippen LogP contribution in [0.3, 0.4) is 0 Å². The van der Waals surface area contributed by atoms with Crippen LogP contribution in [0.25, 0.3) is 22.0 Å². The Morgan fingerprint density at radius 2 is 1.58 bits per heavy atom. The summed E-state index contributed by atoms with van der Waals surface area (Å²) in [4.78, 5) is 42.7. The van der Waals surface area contributed by atoms with E-state index in [2.05, 4.69) is 4.98 Å². The number of phenols is 1. The summed E-state index contributed by atoms with van der Waals surface area (Å²) < 4.78 is 5.18. The molecule has 0 bridgehead atoms. The highest BCUT2D eigenvalue weighted by atomic mass is 16.5. The van der Waals surface area contributed by atoms with Gasteiger partial charge in [-0.15, -0.1) is 0 Å². The number of ether oxygens (including phenoxy) is 1. The van der Waals surface area contributed by atoms with Crippen LogP contribution in [-0.4, -0.2) is 34.2 Å². The maximum atomic E-state index is 13.6. The Balaban J connectivity index is 1.92. The number of para-hydroxylation sites is 1. The lowest BCUT2D eigenvalue weighted by Crippen LogP contribution is -2.23. The monoisotopic (exact) mass is 411 g/mol. The maximum Gasteiger partial charge on any atom is 0.342 e. The molecule has 0 aliphatic heterocycles. The summed E-state index contributed by atoms with van der Waals surface area (Å²) in [5, 5.41) is 11.5. The van der Waals surface area contributed by atoms with Crippen LogP contribution in [-0.2, 0) is 4.74 Å². The van der Waals surface area contributed by atoms with Crippen LogP contribution in [0.2, 0.25) is 0 Å². The average Bonchev–Trinajstić information content (AvgIpc) is 3.20. The Hall–Kier alpha value is -4.19. The van der Waals surface area contributed by atoms with Crippen LogP contribution in [0.4, 0.5) is 0 Å². The lowest BCUT2D eigenvalue weighted by molar-refractivity contribution is 0.0523.